The van der Waals surface area contributed by atoms with E-state index in [9.17, 15) is 15.0 Å². The summed E-state index contributed by atoms with van der Waals surface area (Å²) in [6, 6.07) is 0. The van der Waals surface area contributed by atoms with Crippen LogP contribution in [0.25, 0.3) is 0 Å². The first-order valence-corrected chi connectivity index (χ1v) is 8.44. The molecule has 0 aromatic carbocycles. The van der Waals surface area contributed by atoms with Gasteiger partial charge in [0, 0.05) is 0 Å². The van der Waals surface area contributed by atoms with Crippen LogP contribution in [-0.4, -0.2) is 72.1 Å². The Morgan fingerprint density at radius 2 is 1.83 bits per heavy atom. The summed E-state index contributed by atoms with van der Waals surface area (Å²) in [4.78, 5) is 11.4. The van der Waals surface area contributed by atoms with E-state index in [4.69, 9.17) is 14.2 Å². The Hall–Kier alpha value is -0.730. The normalized spacial score (nSPS) is 46.1. The van der Waals surface area contributed by atoms with Gasteiger partial charge in [0.1, 0.15) is 30.5 Å². The van der Waals surface area contributed by atoms with E-state index in [0.717, 1.165) is 12.8 Å². The van der Waals surface area contributed by atoms with Gasteiger partial charge in [0.25, 0.3) is 0 Å². The largest absolute Gasteiger partial charge is 0.469 e. The lowest BCUT2D eigenvalue weighted by molar-refractivity contribution is -0.259. The number of aliphatic hydroxyl groups is 2. The standard InChI is InChI=1S/C16H26O7/c1-3-4-9-12(18)15-16(22-9)13(19)14-10(23-15)6-5-8(21-14)7-11(17)20-2/h8-10,12-16,18-19H,3-7H2,1-2H3/t8-,9-,10+,12+,13+,14+,15+,16+/m1/s1. The van der Waals surface area contributed by atoms with Gasteiger partial charge in [0.15, 0.2) is 0 Å². The van der Waals surface area contributed by atoms with Crippen LogP contribution in [0.5, 0.6) is 0 Å². The van der Waals surface area contributed by atoms with Crippen molar-refractivity contribution in [1.29, 1.82) is 0 Å². The molecular weight excluding hydrogens is 304 g/mol. The van der Waals surface area contributed by atoms with E-state index < -0.39 is 30.5 Å². The lowest BCUT2D eigenvalue weighted by Crippen LogP contribution is -2.61. The Labute approximate surface area is 135 Å². The van der Waals surface area contributed by atoms with Crippen LogP contribution in [0.1, 0.15) is 39.0 Å². The highest BCUT2D eigenvalue weighted by atomic mass is 16.6. The average Bonchev–Trinajstić information content (AvgIpc) is 2.85. The SMILES string of the molecule is CCC[C@H]1O[C@H]2[C@@H](O)[C@H]3O[C@@H](CC(=O)OC)CC[C@@H]3O[C@H]2[C@H]1O. The van der Waals surface area contributed by atoms with Gasteiger partial charge in [-0.2, -0.15) is 0 Å². The number of carbonyl (C=O) groups is 1. The quantitative estimate of drug-likeness (QED) is 0.709. The highest BCUT2D eigenvalue weighted by Gasteiger charge is 2.56. The number of carbonyl (C=O) groups excluding carboxylic acids is 1. The number of hydrogen-bond donors (Lipinski definition) is 2. The minimum atomic E-state index is -0.865. The average molecular weight is 330 g/mol. The molecule has 0 amide bonds. The van der Waals surface area contributed by atoms with Crippen molar-refractivity contribution in [2.24, 2.45) is 0 Å². The summed E-state index contributed by atoms with van der Waals surface area (Å²) in [6.45, 7) is 2.02. The van der Waals surface area contributed by atoms with Gasteiger partial charge in [0.05, 0.1) is 31.8 Å². The highest BCUT2D eigenvalue weighted by Crippen LogP contribution is 2.39. The topological polar surface area (TPSA) is 94.5 Å². The first-order valence-electron chi connectivity index (χ1n) is 8.44. The van der Waals surface area contributed by atoms with Gasteiger partial charge in [-0.05, 0) is 19.3 Å². The maximum Gasteiger partial charge on any atom is 0.308 e. The zero-order valence-corrected chi connectivity index (χ0v) is 13.6. The van der Waals surface area contributed by atoms with E-state index in [1.165, 1.54) is 7.11 Å². The fraction of sp³-hybridized carbons (Fsp3) is 0.938. The van der Waals surface area contributed by atoms with Gasteiger partial charge in [0.2, 0.25) is 0 Å². The van der Waals surface area contributed by atoms with Crippen LogP contribution >= 0.6 is 0 Å². The number of esters is 1. The van der Waals surface area contributed by atoms with Crippen molar-refractivity contribution in [3.8, 4) is 0 Å². The number of hydrogen-bond acceptors (Lipinski definition) is 7. The molecule has 132 valence electrons. The number of fused-ring (bicyclic) bond motifs is 2. The van der Waals surface area contributed by atoms with E-state index in [0.29, 0.717) is 12.8 Å². The van der Waals surface area contributed by atoms with Crippen LogP contribution in [0, 0.1) is 0 Å². The predicted molar refractivity (Wildman–Crippen MR) is 78.8 cm³/mol. The molecule has 0 bridgehead atoms. The van der Waals surface area contributed by atoms with E-state index >= 15 is 0 Å². The molecule has 7 heteroatoms. The summed E-state index contributed by atoms with van der Waals surface area (Å²) >= 11 is 0. The van der Waals surface area contributed by atoms with Crippen molar-refractivity contribution in [3.05, 3.63) is 0 Å². The maximum absolute atomic E-state index is 11.4. The first-order chi connectivity index (χ1) is 11.0. The van der Waals surface area contributed by atoms with E-state index in [2.05, 4.69) is 4.74 Å². The molecular formula is C16H26O7. The van der Waals surface area contributed by atoms with Gasteiger partial charge in [-0.3, -0.25) is 4.79 Å². The van der Waals surface area contributed by atoms with E-state index in [1.54, 1.807) is 0 Å². The van der Waals surface area contributed by atoms with Crippen molar-refractivity contribution < 1.29 is 34.0 Å². The number of aliphatic hydroxyl groups excluding tert-OH is 2. The molecule has 3 fully saturated rings. The third-order valence-electron chi connectivity index (χ3n) is 5.06. The fourth-order valence-corrected chi connectivity index (χ4v) is 3.87. The summed E-state index contributed by atoms with van der Waals surface area (Å²) in [5.74, 6) is -0.326. The third-order valence-corrected chi connectivity index (χ3v) is 5.06. The Morgan fingerprint density at radius 3 is 2.52 bits per heavy atom. The Kier molecular flexibility index (Phi) is 5.22. The Balaban J connectivity index is 1.66. The van der Waals surface area contributed by atoms with Crippen molar-refractivity contribution in [2.45, 2.75) is 87.9 Å². The van der Waals surface area contributed by atoms with E-state index in [1.807, 2.05) is 6.92 Å². The molecule has 0 radical (unpaired) electrons. The van der Waals surface area contributed by atoms with Crippen LogP contribution in [0.15, 0.2) is 0 Å². The van der Waals surface area contributed by atoms with Crippen molar-refractivity contribution in [1.82, 2.24) is 0 Å². The molecule has 0 saturated carbocycles. The summed E-state index contributed by atoms with van der Waals surface area (Å²) in [5, 5.41) is 21.0. The minimum absolute atomic E-state index is 0.169. The van der Waals surface area contributed by atoms with Crippen molar-refractivity contribution >= 4 is 5.97 Å². The molecule has 8 atom stereocenters. The van der Waals surface area contributed by atoms with Gasteiger partial charge in [-0.25, -0.2) is 0 Å². The molecule has 0 unspecified atom stereocenters. The first kappa shape index (κ1) is 17.1. The molecule has 0 aliphatic carbocycles. The molecule has 3 aliphatic heterocycles. The summed E-state index contributed by atoms with van der Waals surface area (Å²) in [7, 11) is 1.35. The molecule has 23 heavy (non-hydrogen) atoms. The number of ether oxygens (including phenoxy) is 4. The molecule has 2 N–H and O–H groups in total. The molecule has 0 aromatic heterocycles. The summed E-state index contributed by atoms with van der Waals surface area (Å²) in [6.07, 6.45) is -0.955. The highest BCUT2D eigenvalue weighted by molar-refractivity contribution is 5.69. The summed E-state index contributed by atoms with van der Waals surface area (Å²) in [5.41, 5.74) is 0. The smallest absolute Gasteiger partial charge is 0.308 e. The predicted octanol–water partition coefficient (Wildman–Crippen LogP) is 0.154. The molecule has 3 saturated heterocycles. The molecule has 3 aliphatic rings. The molecule has 3 heterocycles. The van der Waals surface area contributed by atoms with Crippen molar-refractivity contribution in [3.63, 3.8) is 0 Å². The van der Waals surface area contributed by atoms with Crippen LogP contribution in [0.2, 0.25) is 0 Å². The lowest BCUT2D eigenvalue weighted by atomic mass is 9.88. The molecule has 0 spiro atoms. The van der Waals surface area contributed by atoms with Crippen molar-refractivity contribution in [2.75, 3.05) is 7.11 Å². The van der Waals surface area contributed by atoms with Gasteiger partial charge in [-0.1, -0.05) is 13.3 Å². The summed E-state index contributed by atoms with van der Waals surface area (Å²) < 4.78 is 22.3. The fourth-order valence-electron chi connectivity index (χ4n) is 3.87. The third kappa shape index (κ3) is 3.25. The van der Waals surface area contributed by atoms with Gasteiger partial charge in [-0.15, -0.1) is 0 Å². The molecule has 7 nitrogen and oxygen atoms in total. The van der Waals surface area contributed by atoms with Crippen LogP contribution < -0.4 is 0 Å². The minimum Gasteiger partial charge on any atom is -0.469 e. The van der Waals surface area contributed by atoms with Gasteiger partial charge >= 0.3 is 5.97 Å². The second-order valence-electron chi connectivity index (χ2n) is 6.63. The van der Waals surface area contributed by atoms with Crippen LogP contribution in [0.4, 0.5) is 0 Å². The number of rotatable bonds is 4. The second kappa shape index (κ2) is 7.03. The van der Waals surface area contributed by atoms with E-state index in [-0.39, 0.29) is 30.7 Å². The van der Waals surface area contributed by atoms with Crippen LogP contribution in [-0.2, 0) is 23.7 Å². The lowest BCUT2D eigenvalue weighted by Gasteiger charge is -2.46. The Bertz CT molecular complexity index is 429. The monoisotopic (exact) mass is 330 g/mol. The second-order valence-corrected chi connectivity index (χ2v) is 6.63. The van der Waals surface area contributed by atoms with Crippen LogP contribution in [0.3, 0.4) is 0 Å². The van der Waals surface area contributed by atoms with Gasteiger partial charge < -0.3 is 29.2 Å². The Morgan fingerprint density at radius 1 is 1.09 bits per heavy atom. The zero-order valence-electron chi connectivity index (χ0n) is 13.6. The maximum atomic E-state index is 11.4. The zero-order chi connectivity index (χ0) is 16.6. The molecule has 0 aromatic rings. The number of methoxy groups -OCH3 is 1. The molecule has 3 rings (SSSR count).